The van der Waals surface area contributed by atoms with Crippen molar-refractivity contribution < 1.29 is 23.8 Å². The molecule has 0 unspecified atom stereocenters. The fraction of sp³-hybridized carbons (Fsp3) is 0.867. The van der Waals surface area contributed by atoms with Gasteiger partial charge in [0.25, 0.3) is 0 Å². The van der Waals surface area contributed by atoms with Crippen molar-refractivity contribution in [2.75, 3.05) is 13.2 Å². The molecular formula is C15H28N2O5. The van der Waals surface area contributed by atoms with Gasteiger partial charge in [0, 0.05) is 6.04 Å². The molecule has 1 rings (SSSR count). The minimum absolute atomic E-state index is 0.0250. The van der Waals surface area contributed by atoms with Crippen LogP contribution < -0.4 is 5.73 Å². The fourth-order valence-corrected chi connectivity index (χ4v) is 2.36. The lowest BCUT2D eigenvalue weighted by atomic mass is 10.0. The van der Waals surface area contributed by atoms with E-state index in [0.29, 0.717) is 6.61 Å². The third-order valence-electron chi connectivity index (χ3n) is 3.31. The van der Waals surface area contributed by atoms with E-state index in [-0.39, 0.29) is 19.0 Å². The summed E-state index contributed by atoms with van der Waals surface area (Å²) in [5.41, 5.74) is 4.64. The van der Waals surface area contributed by atoms with E-state index in [4.69, 9.17) is 19.9 Å². The Bertz CT molecular complexity index is 417. The Labute approximate surface area is 132 Å². The third-order valence-corrected chi connectivity index (χ3v) is 3.31. The number of carbonyl (C=O) groups excluding carboxylic acids is 2. The van der Waals surface area contributed by atoms with Crippen LogP contribution in [0.4, 0.5) is 4.79 Å². The molecule has 1 saturated heterocycles. The first-order chi connectivity index (χ1) is 9.98. The van der Waals surface area contributed by atoms with Crippen LogP contribution in [0, 0.1) is 0 Å². The van der Waals surface area contributed by atoms with Crippen LogP contribution in [0.15, 0.2) is 0 Å². The van der Waals surface area contributed by atoms with Crippen LogP contribution >= 0.6 is 0 Å². The highest BCUT2D eigenvalue weighted by Crippen LogP contribution is 2.31. The first kappa shape index (κ1) is 18.7. The molecule has 1 heterocycles. The summed E-state index contributed by atoms with van der Waals surface area (Å²) >= 11 is 0. The van der Waals surface area contributed by atoms with Gasteiger partial charge in [-0.25, -0.2) is 4.79 Å². The number of rotatable bonds is 4. The van der Waals surface area contributed by atoms with Gasteiger partial charge >= 0.3 is 12.1 Å². The average molecular weight is 316 g/mol. The van der Waals surface area contributed by atoms with Crippen LogP contribution in [-0.4, -0.2) is 53.6 Å². The van der Waals surface area contributed by atoms with E-state index in [1.807, 2.05) is 0 Å². The van der Waals surface area contributed by atoms with Crippen molar-refractivity contribution >= 4 is 12.1 Å². The van der Waals surface area contributed by atoms with Crippen LogP contribution in [0.3, 0.4) is 0 Å². The Balaban J connectivity index is 2.84. The maximum absolute atomic E-state index is 12.5. The second-order valence-electron chi connectivity index (χ2n) is 6.85. The van der Waals surface area contributed by atoms with Crippen molar-refractivity contribution in [1.29, 1.82) is 0 Å². The van der Waals surface area contributed by atoms with Gasteiger partial charge in [-0.3, -0.25) is 9.69 Å². The number of esters is 1. The van der Waals surface area contributed by atoms with Crippen LogP contribution in [0.2, 0.25) is 0 Å². The third kappa shape index (κ3) is 4.84. The molecule has 1 aliphatic heterocycles. The Morgan fingerprint density at radius 3 is 2.50 bits per heavy atom. The number of ether oxygens (including phenoxy) is 3. The van der Waals surface area contributed by atoms with Crippen molar-refractivity contribution in [3.05, 3.63) is 0 Å². The van der Waals surface area contributed by atoms with Gasteiger partial charge in [0.2, 0.25) is 0 Å². The first-order valence-corrected chi connectivity index (χ1v) is 7.55. The standard InChI is InChI=1S/C15H28N2O5/c1-7-20-12(18)8-10(16)11-9-21-15(5,6)17(11)13(19)22-14(2,3)4/h10-11H,7-9,16H2,1-6H3/t10-,11+/m0/s1. The van der Waals surface area contributed by atoms with E-state index >= 15 is 0 Å². The lowest BCUT2D eigenvalue weighted by molar-refractivity contribution is -0.143. The Hall–Kier alpha value is -1.34. The van der Waals surface area contributed by atoms with Gasteiger partial charge in [-0.05, 0) is 41.5 Å². The lowest BCUT2D eigenvalue weighted by Gasteiger charge is -2.36. The summed E-state index contributed by atoms with van der Waals surface area (Å²) in [6, 6.07) is -1.01. The van der Waals surface area contributed by atoms with Crippen LogP contribution in [0.5, 0.6) is 0 Å². The molecule has 0 bridgehead atoms. The highest BCUT2D eigenvalue weighted by Gasteiger charge is 2.48. The van der Waals surface area contributed by atoms with Gasteiger partial charge in [0.1, 0.15) is 11.3 Å². The molecule has 1 amide bonds. The number of hydrogen-bond donors (Lipinski definition) is 1. The molecule has 7 heteroatoms. The summed E-state index contributed by atoms with van der Waals surface area (Å²) in [6.45, 7) is 11.2. The second-order valence-corrected chi connectivity index (χ2v) is 6.85. The summed E-state index contributed by atoms with van der Waals surface area (Å²) < 4.78 is 16.0. The summed E-state index contributed by atoms with van der Waals surface area (Å²) in [5.74, 6) is -0.385. The zero-order valence-corrected chi connectivity index (χ0v) is 14.3. The smallest absolute Gasteiger partial charge is 0.412 e. The number of nitrogens with zero attached hydrogens (tertiary/aromatic N) is 1. The largest absolute Gasteiger partial charge is 0.466 e. The van der Waals surface area contributed by atoms with E-state index < -0.39 is 29.5 Å². The predicted molar refractivity (Wildman–Crippen MR) is 81.1 cm³/mol. The maximum Gasteiger partial charge on any atom is 0.412 e. The molecule has 0 radical (unpaired) electrons. The first-order valence-electron chi connectivity index (χ1n) is 7.55. The summed E-state index contributed by atoms with van der Waals surface area (Å²) in [7, 11) is 0. The van der Waals surface area contributed by atoms with Crippen LogP contribution in [0.1, 0.15) is 48.0 Å². The van der Waals surface area contributed by atoms with E-state index in [9.17, 15) is 9.59 Å². The minimum atomic E-state index is -0.834. The quantitative estimate of drug-likeness (QED) is 0.793. The zero-order chi connectivity index (χ0) is 17.1. The van der Waals surface area contributed by atoms with Gasteiger partial charge in [0.05, 0.1) is 25.7 Å². The second kappa shape index (κ2) is 6.83. The number of carbonyl (C=O) groups is 2. The maximum atomic E-state index is 12.5. The van der Waals surface area contributed by atoms with Crippen molar-refractivity contribution in [3.63, 3.8) is 0 Å². The fourth-order valence-electron chi connectivity index (χ4n) is 2.36. The molecule has 1 fully saturated rings. The molecular weight excluding hydrogens is 288 g/mol. The Morgan fingerprint density at radius 1 is 1.41 bits per heavy atom. The number of nitrogens with two attached hydrogens (primary N) is 1. The molecule has 2 N–H and O–H groups in total. The van der Waals surface area contributed by atoms with Crippen molar-refractivity contribution in [2.45, 2.75) is 71.4 Å². The van der Waals surface area contributed by atoms with Gasteiger partial charge in [0.15, 0.2) is 0 Å². The topological polar surface area (TPSA) is 91.1 Å². The van der Waals surface area contributed by atoms with Crippen molar-refractivity contribution in [1.82, 2.24) is 4.90 Å². The molecule has 0 aromatic heterocycles. The molecule has 1 aliphatic rings. The molecule has 7 nitrogen and oxygen atoms in total. The number of hydrogen-bond acceptors (Lipinski definition) is 6. The monoisotopic (exact) mass is 316 g/mol. The highest BCUT2D eigenvalue weighted by molar-refractivity contribution is 5.72. The van der Waals surface area contributed by atoms with Crippen molar-refractivity contribution in [3.8, 4) is 0 Å². The van der Waals surface area contributed by atoms with E-state index in [0.717, 1.165) is 0 Å². The minimum Gasteiger partial charge on any atom is -0.466 e. The van der Waals surface area contributed by atoms with Gasteiger partial charge in [-0.1, -0.05) is 0 Å². The van der Waals surface area contributed by atoms with E-state index in [2.05, 4.69) is 0 Å². The van der Waals surface area contributed by atoms with E-state index in [1.165, 1.54) is 4.90 Å². The number of amides is 1. The van der Waals surface area contributed by atoms with Gasteiger partial charge < -0.3 is 19.9 Å². The molecule has 0 spiro atoms. The van der Waals surface area contributed by atoms with Crippen molar-refractivity contribution in [2.24, 2.45) is 5.73 Å². The molecule has 0 aliphatic carbocycles. The zero-order valence-electron chi connectivity index (χ0n) is 14.3. The Morgan fingerprint density at radius 2 is 2.00 bits per heavy atom. The molecule has 2 atom stereocenters. The van der Waals surface area contributed by atoms with Crippen LogP contribution in [-0.2, 0) is 19.0 Å². The predicted octanol–water partition coefficient (Wildman–Crippen LogP) is 1.64. The SMILES string of the molecule is CCOC(=O)C[C@H](N)[C@H]1COC(C)(C)N1C(=O)OC(C)(C)C. The van der Waals surface area contributed by atoms with Crippen LogP contribution in [0.25, 0.3) is 0 Å². The normalized spacial score (nSPS) is 22.3. The van der Waals surface area contributed by atoms with E-state index in [1.54, 1.807) is 41.5 Å². The summed E-state index contributed by atoms with van der Waals surface area (Å²) in [4.78, 5) is 25.5. The molecule has 0 aromatic carbocycles. The molecule has 128 valence electrons. The summed E-state index contributed by atoms with van der Waals surface area (Å²) in [5, 5.41) is 0. The van der Waals surface area contributed by atoms with Gasteiger partial charge in [-0.2, -0.15) is 0 Å². The molecule has 0 saturated carbocycles. The average Bonchev–Trinajstić information content (AvgIpc) is 2.62. The molecule has 22 heavy (non-hydrogen) atoms. The molecule has 0 aromatic rings. The summed E-state index contributed by atoms with van der Waals surface area (Å²) in [6.07, 6.45) is -0.476. The Kier molecular flexibility index (Phi) is 5.81. The van der Waals surface area contributed by atoms with Gasteiger partial charge in [-0.15, -0.1) is 0 Å². The lowest BCUT2D eigenvalue weighted by Crippen LogP contribution is -2.55. The highest BCUT2D eigenvalue weighted by atomic mass is 16.6.